The van der Waals surface area contributed by atoms with Crippen LogP contribution in [0.25, 0.3) is 0 Å². The van der Waals surface area contributed by atoms with Crippen LogP contribution in [0.1, 0.15) is 24.0 Å². The van der Waals surface area contributed by atoms with E-state index in [0.29, 0.717) is 10.8 Å². The molecule has 0 spiro atoms. The maximum Gasteiger partial charge on any atom is 0.127 e. The molecule has 0 saturated carbocycles. The zero-order valence-electron chi connectivity index (χ0n) is 8.47. The second-order valence-electron chi connectivity index (χ2n) is 3.16. The lowest BCUT2D eigenvalue weighted by Crippen LogP contribution is -1.98. The summed E-state index contributed by atoms with van der Waals surface area (Å²) < 4.78 is 5.24. The monoisotopic (exact) mass is 209 g/mol. The van der Waals surface area contributed by atoms with Crippen molar-refractivity contribution in [3.8, 4) is 11.8 Å². The lowest BCUT2D eigenvalue weighted by molar-refractivity contribution is 0.406. The van der Waals surface area contributed by atoms with E-state index in [1.54, 1.807) is 13.2 Å². The highest BCUT2D eigenvalue weighted by molar-refractivity contribution is 6.31. The molecule has 0 radical (unpaired) electrons. The summed E-state index contributed by atoms with van der Waals surface area (Å²) in [5.74, 6) is 0.462. The second-order valence-corrected chi connectivity index (χ2v) is 3.57. The summed E-state index contributed by atoms with van der Waals surface area (Å²) in [5, 5.41) is 9.44. The number of nitriles is 1. The Bertz CT molecular complexity index is 382. The highest BCUT2D eigenvalue weighted by Gasteiger charge is 2.16. The summed E-state index contributed by atoms with van der Waals surface area (Å²) in [6, 6.07) is 5.84. The van der Waals surface area contributed by atoms with E-state index in [-0.39, 0.29) is 5.92 Å². The lowest BCUT2D eigenvalue weighted by Gasteiger charge is -2.14. The van der Waals surface area contributed by atoms with Crippen LogP contribution in [0.5, 0.6) is 5.75 Å². The van der Waals surface area contributed by atoms with Crippen molar-refractivity contribution < 1.29 is 4.74 Å². The van der Waals surface area contributed by atoms with E-state index < -0.39 is 0 Å². The van der Waals surface area contributed by atoms with Crippen molar-refractivity contribution in [2.75, 3.05) is 7.11 Å². The van der Waals surface area contributed by atoms with Gasteiger partial charge in [0, 0.05) is 10.6 Å². The van der Waals surface area contributed by atoms with Gasteiger partial charge < -0.3 is 4.74 Å². The van der Waals surface area contributed by atoms with E-state index >= 15 is 0 Å². The van der Waals surface area contributed by atoms with Crippen LogP contribution in [0.4, 0.5) is 0 Å². The molecule has 1 aromatic rings. The zero-order valence-corrected chi connectivity index (χ0v) is 9.22. The Hall–Kier alpha value is -1.20. The Morgan fingerprint density at radius 2 is 2.14 bits per heavy atom. The van der Waals surface area contributed by atoms with Crippen LogP contribution in [0, 0.1) is 18.3 Å². The van der Waals surface area contributed by atoms with Gasteiger partial charge in [-0.05, 0) is 25.5 Å². The summed E-state index contributed by atoms with van der Waals surface area (Å²) >= 11 is 6.02. The summed E-state index contributed by atoms with van der Waals surface area (Å²) in [7, 11) is 1.59. The van der Waals surface area contributed by atoms with E-state index in [1.807, 2.05) is 19.9 Å². The molecule has 0 fully saturated rings. The van der Waals surface area contributed by atoms with Crippen molar-refractivity contribution in [1.29, 1.82) is 5.26 Å². The van der Waals surface area contributed by atoms with Crippen molar-refractivity contribution in [1.82, 2.24) is 0 Å². The van der Waals surface area contributed by atoms with Crippen LogP contribution in [0.2, 0.25) is 5.02 Å². The predicted octanol–water partition coefficient (Wildman–Crippen LogP) is 3.28. The third kappa shape index (κ3) is 1.83. The highest BCUT2D eigenvalue weighted by atomic mass is 35.5. The number of hydrogen-bond donors (Lipinski definition) is 0. The SMILES string of the molecule is COc1c(C)ccc(Cl)c1C(C)C#N. The molecule has 0 aliphatic carbocycles. The maximum absolute atomic E-state index is 8.86. The summed E-state index contributed by atoms with van der Waals surface area (Å²) in [6.07, 6.45) is 0. The maximum atomic E-state index is 8.86. The molecular formula is C11H12ClNO. The Labute approximate surface area is 89.1 Å². The van der Waals surface area contributed by atoms with Gasteiger partial charge in [0.25, 0.3) is 0 Å². The molecule has 0 aromatic heterocycles. The first-order valence-electron chi connectivity index (χ1n) is 4.34. The minimum absolute atomic E-state index is 0.252. The molecule has 0 aliphatic heterocycles. The largest absolute Gasteiger partial charge is 0.496 e. The van der Waals surface area contributed by atoms with E-state index in [0.717, 1.165) is 11.1 Å². The molecule has 0 N–H and O–H groups in total. The Kier molecular flexibility index (Phi) is 3.38. The number of rotatable bonds is 2. The summed E-state index contributed by atoms with van der Waals surface area (Å²) in [6.45, 7) is 3.74. The van der Waals surface area contributed by atoms with Crippen LogP contribution >= 0.6 is 11.6 Å². The van der Waals surface area contributed by atoms with Gasteiger partial charge in [0.2, 0.25) is 0 Å². The predicted molar refractivity (Wildman–Crippen MR) is 56.8 cm³/mol. The standard InChI is InChI=1S/C11H12ClNO/c1-7-4-5-9(12)10(8(2)6-13)11(7)14-3/h4-5,8H,1-3H3. The second kappa shape index (κ2) is 4.34. The van der Waals surface area contributed by atoms with E-state index in [4.69, 9.17) is 21.6 Å². The Morgan fingerprint density at radius 1 is 1.50 bits per heavy atom. The number of nitrogens with zero attached hydrogens (tertiary/aromatic N) is 1. The van der Waals surface area contributed by atoms with Crippen LogP contribution in [-0.4, -0.2) is 7.11 Å². The third-order valence-corrected chi connectivity index (χ3v) is 2.50. The first-order chi connectivity index (χ1) is 6.61. The molecule has 0 heterocycles. The van der Waals surface area contributed by atoms with Gasteiger partial charge >= 0.3 is 0 Å². The molecule has 0 bridgehead atoms. The topological polar surface area (TPSA) is 33.0 Å². The van der Waals surface area contributed by atoms with E-state index in [2.05, 4.69) is 6.07 Å². The van der Waals surface area contributed by atoms with Crippen LogP contribution in [0.3, 0.4) is 0 Å². The molecule has 0 aliphatic rings. The van der Waals surface area contributed by atoms with Gasteiger partial charge in [-0.1, -0.05) is 17.7 Å². The Morgan fingerprint density at radius 3 is 2.64 bits per heavy atom. The first-order valence-corrected chi connectivity index (χ1v) is 4.72. The molecule has 1 atom stereocenters. The number of methoxy groups -OCH3 is 1. The number of ether oxygens (including phenoxy) is 1. The van der Waals surface area contributed by atoms with Gasteiger partial charge in [-0.25, -0.2) is 0 Å². The van der Waals surface area contributed by atoms with Crippen molar-refractivity contribution in [3.05, 3.63) is 28.3 Å². The minimum atomic E-state index is -0.252. The number of aryl methyl sites for hydroxylation is 1. The van der Waals surface area contributed by atoms with Gasteiger partial charge in [0.1, 0.15) is 5.75 Å². The molecule has 14 heavy (non-hydrogen) atoms. The quantitative estimate of drug-likeness (QED) is 0.749. The van der Waals surface area contributed by atoms with Crippen molar-refractivity contribution in [2.45, 2.75) is 19.8 Å². The smallest absolute Gasteiger partial charge is 0.127 e. The molecule has 3 heteroatoms. The van der Waals surface area contributed by atoms with E-state index in [1.165, 1.54) is 0 Å². The van der Waals surface area contributed by atoms with Crippen LogP contribution in [0.15, 0.2) is 12.1 Å². The van der Waals surface area contributed by atoms with Crippen molar-refractivity contribution >= 4 is 11.6 Å². The minimum Gasteiger partial charge on any atom is -0.496 e. The highest BCUT2D eigenvalue weighted by Crippen LogP contribution is 2.35. The molecule has 2 nitrogen and oxygen atoms in total. The number of hydrogen-bond acceptors (Lipinski definition) is 2. The van der Waals surface area contributed by atoms with E-state index in [9.17, 15) is 0 Å². The van der Waals surface area contributed by atoms with Crippen LogP contribution < -0.4 is 4.74 Å². The Balaban J connectivity index is 3.39. The lowest BCUT2D eigenvalue weighted by atomic mass is 9.99. The van der Waals surface area contributed by atoms with Gasteiger partial charge in [0.15, 0.2) is 0 Å². The molecule has 1 rings (SSSR count). The fourth-order valence-corrected chi connectivity index (χ4v) is 1.74. The zero-order chi connectivity index (χ0) is 10.7. The van der Waals surface area contributed by atoms with Crippen LogP contribution in [-0.2, 0) is 0 Å². The fraction of sp³-hybridized carbons (Fsp3) is 0.364. The summed E-state index contributed by atoms with van der Waals surface area (Å²) in [5.41, 5.74) is 1.77. The molecule has 0 amide bonds. The van der Waals surface area contributed by atoms with Gasteiger partial charge in [-0.3, -0.25) is 0 Å². The molecule has 74 valence electrons. The fourth-order valence-electron chi connectivity index (χ4n) is 1.42. The summed E-state index contributed by atoms with van der Waals surface area (Å²) in [4.78, 5) is 0. The first kappa shape index (κ1) is 10.9. The van der Waals surface area contributed by atoms with Gasteiger partial charge in [-0.15, -0.1) is 0 Å². The average molecular weight is 210 g/mol. The normalized spacial score (nSPS) is 11.9. The third-order valence-electron chi connectivity index (χ3n) is 2.17. The van der Waals surface area contributed by atoms with Crippen molar-refractivity contribution in [3.63, 3.8) is 0 Å². The molecule has 0 saturated heterocycles. The molecule has 1 aromatic carbocycles. The number of benzene rings is 1. The number of halogens is 1. The molecular weight excluding hydrogens is 198 g/mol. The van der Waals surface area contributed by atoms with Gasteiger partial charge in [-0.2, -0.15) is 5.26 Å². The average Bonchev–Trinajstić information content (AvgIpc) is 2.19. The molecule has 1 unspecified atom stereocenters. The van der Waals surface area contributed by atoms with Gasteiger partial charge in [0.05, 0.1) is 19.1 Å². The van der Waals surface area contributed by atoms with Crippen molar-refractivity contribution in [2.24, 2.45) is 0 Å².